The predicted molar refractivity (Wildman–Crippen MR) is 341 cm³/mol. The van der Waals surface area contributed by atoms with Crippen LogP contribution in [-0.4, -0.2) is 11.3 Å². The Labute approximate surface area is 471 Å². The van der Waals surface area contributed by atoms with Crippen molar-refractivity contribution in [1.82, 2.24) is 4.57 Å². The van der Waals surface area contributed by atoms with Crippen LogP contribution in [0.3, 0.4) is 0 Å². The van der Waals surface area contributed by atoms with Crippen molar-refractivity contribution in [2.75, 3.05) is 14.7 Å². The summed E-state index contributed by atoms with van der Waals surface area (Å²) < 4.78 is 15.3. The summed E-state index contributed by atoms with van der Waals surface area (Å²) in [6.45, 7) is 13.6. The molecule has 388 valence electrons. The average molecular weight is 1050 g/mol. The lowest BCUT2D eigenvalue weighted by molar-refractivity contribution is 0.590. The van der Waals surface area contributed by atoms with Gasteiger partial charge in [0.05, 0.1) is 16.7 Å². The third-order valence-electron chi connectivity index (χ3n) is 17.3. The molecule has 5 heterocycles. The average Bonchev–Trinajstić information content (AvgIpc) is 4.04. The summed E-state index contributed by atoms with van der Waals surface area (Å²) in [4.78, 5) is 7.52. The molecule has 0 aliphatic carbocycles. The Morgan fingerprint density at radius 2 is 0.852 bits per heavy atom. The van der Waals surface area contributed by atoms with Crippen molar-refractivity contribution in [1.29, 1.82) is 0 Å². The molecule has 11 aromatic carbocycles. The predicted octanol–water partition coefficient (Wildman–Crippen LogP) is 18.7. The zero-order valence-corrected chi connectivity index (χ0v) is 46.2. The lowest BCUT2D eigenvalue weighted by Gasteiger charge is -2.44. The van der Waals surface area contributed by atoms with Gasteiger partial charge in [-0.25, -0.2) is 0 Å². The monoisotopic (exact) mass is 1040 g/mol. The largest absolute Gasteiger partial charge is 0.456 e. The molecular formula is C74H57BN4O2. The van der Waals surface area contributed by atoms with Crippen molar-refractivity contribution in [2.24, 2.45) is 0 Å². The molecule has 0 bridgehead atoms. The van der Waals surface area contributed by atoms with E-state index in [9.17, 15) is 0 Å². The molecule has 0 atom stereocenters. The summed E-state index contributed by atoms with van der Waals surface area (Å²) in [7, 11) is 0. The number of nitrogens with zero attached hydrogens (tertiary/aromatic N) is 4. The van der Waals surface area contributed by atoms with Gasteiger partial charge in [0.15, 0.2) is 0 Å². The summed E-state index contributed by atoms with van der Waals surface area (Å²) in [5.41, 5.74) is 23.3. The first-order valence-corrected chi connectivity index (χ1v) is 28.3. The molecule has 0 N–H and O–H groups in total. The number of hydrogen-bond acceptors (Lipinski definition) is 5. The van der Waals surface area contributed by atoms with Gasteiger partial charge >= 0.3 is 0 Å². The second-order valence-corrected chi connectivity index (χ2v) is 24.1. The van der Waals surface area contributed by atoms with Crippen LogP contribution < -0.4 is 31.1 Å². The highest BCUT2D eigenvalue weighted by Gasteiger charge is 2.45. The van der Waals surface area contributed by atoms with Crippen LogP contribution >= 0.6 is 0 Å². The number of hydrogen-bond donors (Lipinski definition) is 0. The van der Waals surface area contributed by atoms with E-state index in [1.165, 1.54) is 60.7 Å². The Balaban J connectivity index is 0.983. The van der Waals surface area contributed by atoms with Crippen LogP contribution in [0.4, 0.5) is 51.2 Å². The fourth-order valence-electron chi connectivity index (χ4n) is 13.4. The van der Waals surface area contributed by atoms with Gasteiger partial charge in [0, 0.05) is 83.5 Å². The number of aromatic nitrogens is 1. The highest BCUT2D eigenvalue weighted by Crippen LogP contribution is 2.50. The Hall–Kier alpha value is -9.72. The van der Waals surface area contributed by atoms with Gasteiger partial charge in [-0.1, -0.05) is 157 Å². The van der Waals surface area contributed by atoms with E-state index >= 15 is 0 Å². The van der Waals surface area contributed by atoms with E-state index in [-0.39, 0.29) is 17.5 Å². The molecule has 0 fully saturated rings. The maximum absolute atomic E-state index is 6.45. The molecule has 0 spiro atoms. The zero-order chi connectivity index (χ0) is 54.5. The number of benzene rings is 11. The van der Waals surface area contributed by atoms with E-state index in [2.05, 4.69) is 285 Å². The highest BCUT2D eigenvalue weighted by atomic mass is 16.3. The second kappa shape index (κ2) is 17.4. The Kier molecular flexibility index (Phi) is 10.2. The Morgan fingerprint density at radius 1 is 0.358 bits per heavy atom. The fraction of sp³-hybridized carbons (Fsp3) is 0.108. The topological polar surface area (TPSA) is 40.9 Å². The van der Waals surface area contributed by atoms with Crippen LogP contribution in [0.5, 0.6) is 0 Å². The summed E-state index contributed by atoms with van der Waals surface area (Å²) in [5.74, 6) is 0. The maximum Gasteiger partial charge on any atom is 0.252 e. The second-order valence-electron chi connectivity index (χ2n) is 24.1. The van der Waals surface area contributed by atoms with Gasteiger partial charge in [0.25, 0.3) is 6.71 Å². The van der Waals surface area contributed by atoms with E-state index in [0.29, 0.717) is 0 Å². The lowest BCUT2D eigenvalue weighted by Crippen LogP contribution is -2.61. The van der Waals surface area contributed by atoms with Crippen molar-refractivity contribution >= 4 is 140 Å². The quantitative estimate of drug-likeness (QED) is 0.155. The Bertz CT molecular complexity index is 4750. The molecule has 14 aromatic rings. The van der Waals surface area contributed by atoms with Crippen molar-refractivity contribution in [2.45, 2.75) is 52.4 Å². The Morgan fingerprint density at radius 3 is 1.46 bits per heavy atom. The molecule has 0 unspecified atom stereocenters. The van der Waals surface area contributed by atoms with E-state index in [4.69, 9.17) is 8.83 Å². The van der Waals surface area contributed by atoms with Gasteiger partial charge in [-0.15, -0.1) is 0 Å². The first kappa shape index (κ1) is 47.3. The van der Waals surface area contributed by atoms with Crippen LogP contribution in [0.2, 0.25) is 0 Å². The van der Waals surface area contributed by atoms with Crippen LogP contribution in [0.15, 0.2) is 245 Å². The zero-order valence-electron chi connectivity index (χ0n) is 46.2. The molecule has 0 saturated carbocycles. The molecule has 3 aromatic heterocycles. The molecule has 2 aliphatic rings. The number of furan rings is 2. The molecular weight excluding hydrogens is 988 g/mol. The van der Waals surface area contributed by atoms with Gasteiger partial charge < -0.3 is 28.1 Å². The standard InChI is InChI=1S/C74H57BN4O2/c1-73(2,3)46-27-31-49(32-28-46)78-63-23-16-24-64-71(63)75(60-39-40-62-70(72(60)79(64)50-33-29-47(30-34-50)74(4,5)6)56-21-10-13-22-61(56)77(62)48-17-8-7-9-18-48)59-38-35-53(45-65(59)78)76(51-36-41-68-57(43-51)54-19-11-14-25-66(54)80-68)52-37-42-69-58(44-52)55-20-12-15-26-67(55)81-69/h7-45H,1-6H3. The molecule has 6 nitrogen and oxygen atoms in total. The van der Waals surface area contributed by atoms with E-state index in [1.807, 2.05) is 12.1 Å². The number of fused-ring (bicyclic) bond motifs is 14. The van der Waals surface area contributed by atoms with Gasteiger partial charge in [0.1, 0.15) is 22.3 Å². The normalized spacial score (nSPS) is 13.2. The maximum atomic E-state index is 6.45. The van der Waals surface area contributed by atoms with Crippen molar-refractivity contribution in [3.8, 4) is 5.69 Å². The first-order valence-electron chi connectivity index (χ1n) is 28.3. The van der Waals surface area contributed by atoms with E-state index in [1.54, 1.807) is 0 Å². The third kappa shape index (κ3) is 7.20. The van der Waals surface area contributed by atoms with Crippen LogP contribution in [0.25, 0.3) is 71.4 Å². The molecule has 0 radical (unpaired) electrons. The summed E-state index contributed by atoms with van der Waals surface area (Å²) >= 11 is 0. The number of rotatable bonds is 6. The third-order valence-corrected chi connectivity index (χ3v) is 17.3. The van der Waals surface area contributed by atoms with E-state index < -0.39 is 0 Å². The number of anilines is 9. The minimum Gasteiger partial charge on any atom is -0.456 e. The molecule has 16 rings (SSSR count). The minimum absolute atomic E-state index is 0.00629. The van der Waals surface area contributed by atoms with Gasteiger partial charge in [-0.05, 0) is 160 Å². The molecule has 0 saturated heterocycles. The van der Waals surface area contributed by atoms with Crippen LogP contribution in [0.1, 0.15) is 52.7 Å². The van der Waals surface area contributed by atoms with Gasteiger partial charge in [0.2, 0.25) is 0 Å². The highest BCUT2D eigenvalue weighted by molar-refractivity contribution is 7.00. The summed E-state index contributed by atoms with van der Waals surface area (Å²) in [6, 6.07) is 87.3. The minimum atomic E-state index is -0.121. The molecule has 0 amide bonds. The van der Waals surface area contributed by atoms with Crippen LogP contribution in [-0.2, 0) is 10.8 Å². The first-order chi connectivity index (χ1) is 39.4. The molecule has 81 heavy (non-hydrogen) atoms. The summed E-state index contributed by atoms with van der Waals surface area (Å²) in [5, 5.41) is 6.76. The lowest BCUT2D eigenvalue weighted by atomic mass is 9.33. The molecule has 7 heteroatoms. The summed E-state index contributed by atoms with van der Waals surface area (Å²) in [6.07, 6.45) is 0. The van der Waals surface area contributed by atoms with Crippen molar-refractivity contribution < 1.29 is 8.83 Å². The van der Waals surface area contributed by atoms with E-state index in [0.717, 1.165) is 89.4 Å². The van der Waals surface area contributed by atoms with Gasteiger partial charge in [-0.3, -0.25) is 0 Å². The fourth-order valence-corrected chi connectivity index (χ4v) is 13.4. The smallest absolute Gasteiger partial charge is 0.252 e. The SMILES string of the molecule is CC(C)(C)c1ccc(N2c3cc(N(c4ccc5oc6ccccc6c5c4)c4ccc5oc6ccccc6c5c4)ccc3B3c4ccc5c(c4N(c4ccc(C(C)(C)C)cc4)c4cccc2c43)c2ccccc2n5-c2ccccc2)cc1. The number of para-hydroxylation sites is 4. The molecule has 2 aliphatic heterocycles. The van der Waals surface area contributed by atoms with Crippen molar-refractivity contribution in [3.05, 3.63) is 248 Å². The van der Waals surface area contributed by atoms with Crippen LogP contribution in [0, 0.1) is 0 Å². The van der Waals surface area contributed by atoms with Gasteiger partial charge in [-0.2, -0.15) is 0 Å². The van der Waals surface area contributed by atoms with Crippen molar-refractivity contribution in [3.63, 3.8) is 0 Å².